The molecule has 0 aromatic heterocycles. The van der Waals surface area contributed by atoms with Crippen LogP contribution in [-0.4, -0.2) is 26.2 Å². The maximum atomic E-state index is 12.2. The van der Waals surface area contributed by atoms with Crippen LogP contribution < -0.4 is 19.5 Å². The third kappa shape index (κ3) is 3.57. The van der Waals surface area contributed by atoms with Crippen molar-refractivity contribution in [1.82, 2.24) is 5.32 Å². The van der Waals surface area contributed by atoms with E-state index in [0.29, 0.717) is 22.9 Å². The van der Waals surface area contributed by atoms with Crippen LogP contribution in [0.15, 0.2) is 36.4 Å². The quantitative estimate of drug-likeness (QED) is 0.823. The minimum Gasteiger partial charge on any atom is -0.495 e. The van der Waals surface area contributed by atoms with Crippen molar-refractivity contribution >= 4 is 17.4 Å². The molecule has 0 saturated heterocycles. The number of fused-ring (bicyclic) bond motifs is 1. The predicted octanol–water partition coefficient (Wildman–Crippen LogP) is 3.05. The van der Waals surface area contributed by atoms with E-state index in [4.69, 9.17) is 25.8 Å². The molecular weight excluding hydrogens is 318 g/mol. The van der Waals surface area contributed by atoms with Gasteiger partial charge < -0.3 is 19.5 Å². The van der Waals surface area contributed by atoms with Crippen LogP contribution in [-0.2, 0) is 6.54 Å². The molecule has 1 N–H and O–H groups in total. The highest BCUT2D eigenvalue weighted by molar-refractivity contribution is 6.32. The first kappa shape index (κ1) is 15.6. The van der Waals surface area contributed by atoms with Gasteiger partial charge in [0.1, 0.15) is 5.75 Å². The van der Waals surface area contributed by atoms with E-state index in [9.17, 15) is 4.79 Å². The highest BCUT2D eigenvalue weighted by atomic mass is 35.5. The summed E-state index contributed by atoms with van der Waals surface area (Å²) in [5.74, 6) is 2.00. The van der Waals surface area contributed by atoms with Crippen molar-refractivity contribution in [2.24, 2.45) is 0 Å². The van der Waals surface area contributed by atoms with E-state index in [1.165, 1.54) is 7.11 Å². The van der Waals surface area contributed by atoms with E-state index in [2.05, 4.69) is 5.32 Å². The number of ketones is 1. The van der Waals surface area contributed by atoms with Crippen LogP contribution in [0.1, 0.15) is 15.9 Å². The Morgan fingerprint density at radius 3 is 2.83 bits per heavy atom. The van der Waals surface area contributed by atoms with E-state index >= 15 is 0 Å². The van der Waals surface area contributed by atoms with E-state index in [-0.39, 0.29) is 19.1 Å². The summed E-state index contributed by atoms with van der Waals surface area (Å²) in [6, 6.07) is 10.7. The van der Waals surface area contributed by atoms with Crippen molar-refractivity contribution in [3.8, 4) is 17.2 Å². The molecule has 0 unspecified atom stereocenters. The molecule has 0 spiro atoms. The number of benzene rings is 2. The molecule has 0 fully saturated rings. The number of halogens is 1. The molecule has 0 atom stereocenters. The Hall–Kier alpha value is -2.24. The van der Waals surface area contributed by atoms with Crippen LogP contribution in [0, 0.1) is 0 Å². The molecule has 6 heteroatoms. The highest BCUT2D eigenvalue weighted by Crippen LogP contribution is 2.32. The van der Waals surface area contributed by atoms with Crippen molar-refractivity contribution in [1.29, 1.82) is 0 Å². The molecule has 0 radical (unpaired) electrons. The smallest absolute Gasteiger partial charge is 0.231 e. The Balaban J connectivity index is 1.56. The zero-order valence-corrected chi connectivity index (χ0v) is 13.4. The van der Waals surface area contributed by atoms with E-state index in [0.717, 1.165) is 17.1 Å². The van der Waals surface area contributed by atoms with Gasteiger partial charge in [-0.2, -0.15) is 0 Å². The minimum absolute atomic E-state index is 0.0321. The van der Waals surface area contributed by atoms with Gasteiger partial charge >= 0.3 is 0 Å². The molecule has 0 saturated carbocycles. The first-order chi connectivity index (χ1) is 11.2. The molecule has 120 valence electrons. The fourth-order valence-corrected chi connectivity index (χ4v) is 2.57. The second-order valence-corrected chi connectivity index (χ2v) is 5.47. The molecule has 2 aromatic rings. The molecule has 0 amide bonds. The zero-order chi connectivity index (χ0) is 16.2. The standard InChI is InChI=1S/C17H16ClNO4/c1-21-15-5-3-12(7-13(15)18)14(20)9-19-8-11-2-4-16-17(6-11)23-10-22-16/h2-7,19H,8-10H2,1H3. The summed E-state index contributed by atoms with van der Waals surface area (Å²) in [5.41, 5.74) is 1.57. The Kier molecular flexibility index (Phi) is 4.69. The second-order valence-electron chi connectivity index (χ2n) is 5.06. The van der Waals surface area contributed by atoms with Crippen LogP contribution in [0.3, 0.4) is 0 Å². The van der Waals surface area contributed by atoms with Gasteiger partial charge in [0, 0.05) is 12.1 Å². The predicted molar refractivity (Wildman–Crippen MR) is 86.6 cm³/mol. The van der Waals surface area contributed by atoms with Crippen LogP contribution >= 0.6 is 11.6 Å². The lowest BCUT2D eigenvalue weighted by molar-refractivity contribution is 0.0991. The average molecular weight is 334 g/mol. The Morgan fingerprint density at radius 2 is 2.04 bits per heavy atom. The molecule has 1 aliphatic heterocycles. The fourth-order valence-electron chi connectivity index (χ4n) is 2.31. The molecule has 23 heavy (non-hydrogen) atoms. The third-order valence-corrected chi connectivity index (χ3v) is 3.82. The highest BCUT2D eigenvalue weighted by Gasteiger charge is 2.13. The van der Waals surface area contributed by atoms with Gasteiger partial charge in [0.15, 0.2) is 17.3 Å². The molecule has 1 heterocycles. The maximum absolute atomic E-state index is 12.2. The molecule has 1 aliphatic rings. The first-order valence-corrected chi connectivity index (χ1v) is 7.51. The second kappa shape index (κ2) is 6.89. The normalized spacial score (nSPS) is 12.3. The van der Waals surface area contributed by atoms with Gasteiger partial charge in [-0.3, -0.25) is 4.79 Å². The summed E-state index contributed by atoms with van der Waals surface area (Å²) in [6.45, 7) is 1.03. The first-order valence-electron chi connectivity index (χ1n) is 7.13. The number of carbonyl (C=O) groups excluding carboxylic acids is 1. The average Bonchev–Trinajstić information content (AvgIpc) is 3.02. The van der Waals surface area contributed by atoms with E-state index < -0.39 is 0 Å². The van der Waals surface area contributed by atoms with E-state index in [1.807, 2.05) is 18.2 Å². The van der Waals surface area contributed by atoms with Gasteiger partial charge in [-0.05, 0) is 35.9 Å². The van der Waals surface area contributed by atoms with Crippen molar-refractivity contribution < 1.29 is 19.0 Å². The summed E-state index contributed by atoms with van der Waals surface area (Å²) < 4.78 is 15.7. The number of methoxy groups -OCH3 is 1. The number of ether oxygens (including phenoxy) is 3. The largest absolute Gasteiger partial charge is 0.495 e. The number of rotatable bonds is 6. The van der Waals surface area contributed by atoms with Crippen LogP contribution in [0.4, 0.5) is 0 Å². The molecule has 2 aromatic carbocycles. The van der Waals surface area contributed by atoms with Crippen molar-refractivity contribution in [3.63, 3.8) is 0 Å². The number of hydrogen-bond acceptors (Lipinski definition) is 5. The van der Waals surface area contributed by atoms with Gasteiger partial charge in [-0.25, -0.2) is 0 Å². The Bertz CT molecular complexity index is 733. The van der Waals surface area contributed by atoms with Gasteiger partial charge in [0.2, 0.25) is 6.79 Å². The van der Waals surface area contributed by atoms with Gasteiger partial charge in [0.05, 0.1) is 18.7 Å². The molecule has 0 aliphatic carbocycles. The van der Waals surface area contributed by atoms with Gasteiger partial charge in [-0.15, -0.1) is 0 Å². The lowest BCUT2D eigenvalue weighted by Gasteiger charge is -2.07. The lowest BCUT2D eigenvalue weighted by Crippen LogP contribution is -2.22. The summed E-state index contributed by atoms with van der Waals surface area (Å²) in [6.07, 6.45) is 0. The number of Topliss-reactive ketones (excluding diaryl/α,β-unsaturated/α-hetero) is 1. The molecular formula is C17H16ClNO4. The topological polar surface area (TPSA) is 56.8 Å². The third-order valence-electron chi connectivity index (χ3n) is 3.53. The molecule has 3 rings (SSSR count). The van der Waals surface area contributed by atoms with Gasteiger partial charge in [-0.1, -0.05) is 17.7 Å². The van der Waals surface area contributed by atoms with Crippen LogP contribution in [0.5, 0.6) is 17.2 Å². The Labute approximate surface area is 139 Å². The van der Waals surface area contributed by atoms with Crippen molar-refractivity contribution in [2.45, 2.75) is 6.54 Å². The van der Waals surface area contributed by atoms with Crippen LogP contribution in [0.25, 0.3) is 0 Å². The van der Waals surface area contributed by atoms with Crippen LogP contribution in [0.2, 0.25) is 5.02 Å². The molecule has 5 nitrogen and oxygen atoms in total. The SMILES string of the molecule is COc1ccc(C(=O)CNCc2ccc3c(c2)OCO3)cc1Cl. The summed E-state index contributed by atoms with van der Waals surface area (Å²) >= 11 is 6.03. The summed E-state index contributed by atoms with van der Waals surface area (Å²) in [5, 5.41) is 3.54. The van der Waals surface area contributed by atoms with Crippen molar-refractivity contribution in [3.05, 3.63) is 52.5 Å². The molecule has 0 bridgehead atoms. The number of nitrogens with one attached hydrogen (secondary N) is 1. The fraction of sp³-hybridized carbons (Fsp3) is 0.235. The minimum atomic E-state index is -0.0321. The Morgan fingerprint density at radius 1 is 1.22 bits per heavy atom. The van der Waals surface area contributed by atoms with Crippen molar-refractivity contribution in [2.75, 3.05) is 20.4 Å². The van der Waals surface area contributed by atoms with Gasteiger partial charge in [0.25, 0.3) is 0 Å². The monoisotopic (exact) mass is 333 g/mol. The summed E-state index contributed by atoms with van der Waals surface area (Å²) in [7, 11) is 1.54. The number of carbonyl (C=O) groups is 1. The zero-order valence-electron chi connectivity index (χ0n) is 12.6. The summed E-state index contributed by atoms with van der Waals surface area (Å²) in [4.78, 5) is 12.2. The maximum Gasteiger partial charge on any atom is 0.231 e. The van der Waals surface area contributed by atoms with E-state index in [1.54, 1.807) is 18.2 Å². The lowest BCUT2D eigenvalue weighted by atomic mass is 10.1. The number of hydrogen-bond donors (Lipinski definition) is 1.